The Morgan fingerprint density at radius 1 is 1.29 bits per heavy atom. The molecule has 0 radical (unpaired) electrons. The molecule has 0 bridgehead atoms. The zero-order valence-corrected chi connectivity index (χ0v) is 14.5. The van der Waals surface area contributed by atoms with Gasteiger partial charge in [0.05, 0.1) is 0 Å². The summed E-state index contributed by atoms with van der Waals surface area (Å²) in [6, 6.07) is 11.2. The number of halogens is 1. The van der Waals surface area contributed by atoms with Crippen molar-refractivity contribution in [2.45, 2.75) is 38.6 Å². The van der Waals surface area contributed by atoms with Crippen LogP contribution in [0.5, 0.6) is 0 Å². The fourth-order valence-electron chi connectivity index (χ4n) is 3.07. The lowest BCUT2D eigenvalue weighted by atomic mass is 9.99. The van der Waals surface area contributed by atoms with Gasteiger partial charge in [0.25, 0.3) is 5.91 Å². The molecule has 1 fully saturated rings. The van der Waals surface area contributed by atoms with Crippen LogP contribution in [-0.4, -0.2) is 33.6 Å². The Labute approximate surface area is 147 Å². The lowest BCUT2D eigenvalue weighted by Gasteiger charge is -2.34. The van der Waals surface area contributed by atoms with Crippen molar-refractivity contribution in [1.29, 1.82) is 0 Å². The number of likely N-dealkylation sites (tertiary alicyclic amines) is 1. The molecule has 1 saturated heterocycles. The summed E-state index contributed by atoms with van der Waals surface area (Å²) >= 11 is 5.97. The second-order valence-corrected chi connectivity index (χ2v) is 6.43. The van der Waals surface area contributed by atoms with Gasteiger partial charge in [0.15, 0.2) is 11.5 Å². The lowest BCUT2D eigenvalue weighted by molar-refractivity contribution is 0.0601. The van der Waals surface area contributed by atoms with Gasteiger partial charge in [-0.1, -0.05) is 24.6 Å². The normalized spacial score (nSPS) is 17.6. The smallest absolute Gasteiger partial charge is 0.274 e. The number of piperidine rings is 1. The first kappa shape index (κ1) is 16.7. The molecule has 1 N–H and O–H groups in total. The zero-order chi connectivity index (χ0) is 16.9. The molecular formula is C18H21ClN4O. The van der Waals surface area contributed by atoms with E-state index in [0.29, 0.717) is 22.6 Å². The monoisotopic (exact) mass is 344 g/mol. The Bertz CT molecular complexity index is 704. The highest BCUT2D eigenvalue weighted by Crippen LogP contribution is 2.22. The minimum absolute atomic E-state index is 0.0247. The maximum Gasteiger partial charge on any atom is 0.274 e. The minimum Gasteiger partial charge on any atom is -0.339 e. The van der Waals surface area contributed by atoms with Gasteiger partial charge >= 0.3 is 0 Å². The van der Waals surface area contributed by atoms with Crippen molar-refractivity contribution in [2.75, 3.05) is 11.9 Å². The second kappa shape index (κ2) is 7.62. The van der Waals surface area contributed by atoms with Crippen molar-refractivity contribution in [1.82, 2.24) is 15.1 Å². The number of rotatable bonds is 4. The first-order chi connectivity index (χ1) is 11.7. The van der Waals surface area contributed by atoms with Crippen LogP contribution in [0.3, 0.4) is 0 Å². The van der Waals surface area contributed by atoms with E-state index in [-0.39, 0.29) is 5.91 Å². The molecule has 0 spiro atoms. The summed E-state index contributed by atoms with van der Waals surface area (Å²) in [5.74, 6) is 0.558. The number of carbonyl (C=O) groups is 1. The summed E-state index contributed by atoms with van der Waals surface area (Å²) in [6.07, 6.45) is 4.30. The first-order valence-electron chi connectivity index (χ1n) is 8.34. The van der Waals surface area contributed by atoms with Crippen LogP contribution in [0, 0.1) is 0 Å². The SMILES string of the molecule is CCC1CCCCN1C(=O)c1ccc(Nc2cccc(Cl)c2)nn1. The van der Waals surface area contributed by atoms with Crippen molar-refractivity contribution in [3.8, 4) is 0 Å². The minimum atomic E-state index is -0.0247. The molecule has 2 heterocycles. The van der Waals surface area contributed by atoms with Crippen molar-refractivity contribution < 1.29 is 4.79 Å². The maximum atomic E-state index is 12.7. The van der Waals surface area contributed by atoms with Crippen LogP contribution >= 0.6 is 11.6 Å². The Balaban J connectivity index is 1.70. The number of carbonyl (C=O) groups excluding carboxylic acids is 1. The fraction of sp³-hybridized carbons (Fsp3) is 0.389. The first-order valence-corrected chi connectivity index (χ1v) is 8.72. The molecule has 1 aromatic heterocycles. The molecule has 0 aliphatic carbocycles. The summed E-state index contributed by atoms with van der Waals surface area (Å²) in [5, 5.41) is 12.0. The van der Waals surface area contributed by atoms with E-state index < -0.39 is 0 Å². The van der Waals surface area contributed by atoms with E-state index in [1.165, 1.54) is 6.42 Å². The summed E-state index contributed by atoms with van der Waals surface area (Å²) < 4.78 is 0. The lowest BCUT2D eigenvalue weighted by Crippen LogP contribution is -2.43. The van der Waals surface area contributed by atoms with Crippen molar-refractivity contribution in [3.63, 3.8) is 0 Å². The standard InChI is InChI=1S/C18H21ClN4O/c1-2-15-8-3-4-11-23(15)18(24)16-9-10-17(22-21-16)20-14-7-5-6-13(19)12-14/h5-7,9-10,12,15H,2-4,8,11H2,1H3,(H,20,22). The van der Waals surface area contributed by atoms with E-state index in [1.807, 2.05) is 29.2 Å². The molecule has 1 aliphatic heterocycles. The van der Waals surface area contributed by atoms with Crippen molar-refractivity contribution >= 4 is 29.0 Å². The fourth-order valence-corrected chi connectivity index (χ4v) is 3.26. The van der Waals surface area contributed by atoms with Crippen molar-refractivity contribution in [2.24, 2.45) is 0 Å². The van der Waals surface area contributed by atoms with Crippen LogP contribution in [0.15, 0.2) is 36.4 Å². The van der Waals surface area contributed by atoms with Gasteiger partial charge < -0.3 is 10.2 Å². The van der Waals surface area contributed by atoms with E-state index >= 15 is 0 Å². The van der Waals surface area contributed by atoms with Gasteiger partial charge in [0.2, 0.25) is 0 Å². The number of anilines is 2. The summed E-state index contributed by atoms with van der Waals surface area (Å²) in [7, 11) is 0. The molecular weight excluding hydrogens is 324 g/mol. The topological polar surface area (TPSA) is 58.1 Å². The quantitative estimate of drug-likeness (QED) is 0.899. The Kier molecular flexibility index (Phi) is 5.30. The van der Waals surface area contributed by atoms with Crippen LogP contribution in [0.2, 0.25) is 5.02 Å². The van der Waals surface area contributed by atoms with Gasteiger partial charge in [-0.2, -0.15) is 0 Å². The van der Waals surface area contributed by atoms with Gasteiger partial charge in [-0.3, -0.25) is 4.79 Å². The van der Waals surface area contributed by atoms with Crippen LogP contribution in [0.1, 0.15) is 43.1 Å². The van der Waals surface area contributed by atoms with Crippen molar-refractivity contribution in [3.05, 3.63) is 47.1 Å². The highest BCUT2D eigenvalue weighted by atomic mass is 35.5. The molecule has 1 aliphatic rings. The summed E-state index contributed by atoms with van der Waals surface area (Å²) in [5.41, 5.74) is 1.23. The Hall–Kier alpha value is -2.14. The van der Waals surface area contributed by atoms with Crippen LogP contribution < -0.4 is 5.32 Å². The van der Waals surface area contributed by atoms with Gasteiger partial charge in [-0.25, -0.2) is 0 Å². The Morgan fingerprint density at radius 2 is 2.17 bits per heavy atom. The summed E-state index contributed by atoms with van der Waals surface area (Å²) in [4.78, 5) is 14.6. The Morgan fingerprint density at radius 3 is 2.88 bits per heavy atom. The average Bonchev–Trinajstić information content (AvgIpc) is 2.62. The van der Waals surface area contributed by atoms with E-state index in [0.717, 1.165) is 31.5 Å². The van der Waals surface area contributed by atoms with Crippen LogP contribution in [0.25, 0.3) is 0 Å². The molecule has 1 atom stereocenters. The zero-order valence-electron chi connectivity index (χ0n) is 13.7. The number of hydrogen-bond donors (Lipinski definition) is 1. The summed E-state index contributed by atoms with van der Waals surface area (Å²) in [6.45, 7) is 2.93. The molecule has 1 aromatic carbocycles. The largest absolute Gasteiger partial charge is 0.339 e. The maximum absolute atomic E-state index is 12.7. The molecule has 126 valence electrons. The molecule has 24 heavy (non-hydrogen) atoms. The van der Waals surface area contributed by atoms with E-state index in [2.05, 4.69) is 22.4 Å². The number of benzene rings is 1. The molecule has 1 amide bonds. The molecule has 3 rings (SSSR count). The predicted octanol–water partition coefficient (Wildman–Crippen LogP) is 4.28. The number of nitrogens with zero attached hydrogens (tertiary/aromatic N) is 3. The third-order valence-corrected chi connectivity index (χ3v) is 4.58. The third kappa shape index (κ3) is 3.85. The van der Waals surface area contributed by atoms with Gasteiger partial charge in [-0.05, 0) is 56.0 Å². The number of hydrogen-bond acceptors (Lipinski definition) is 4. The number of nitrogens with one attached hydrogen (secondary N) is 1. The second-order valence-electron chi connectivity index (χ2n) is 6.00. The van der Waals surface area contributed by atoms with E-state index in [4.69, 9.17) is 11.6 Å². The van der Waals surface area contributed by atoms with E-state index in [1.54, 1.807) is 12.1 Å². The van der Waals surface area contributed by atoms with Crippen LogP contribution in [-0.2, 0) is 0 Å². The highest BCUT2D eigenvalue weighted by Gasteiger charge is 2.27. The molecule has 2 aromatic rings. The predicted molar refractivity (Wildman–Crippen MR) is 95.7 cm³/mol. The van der Waals surface area contributed by atoms with E-state index in [9.17, 15) is 4.79 Å². The number of aromatic nitrogens is 2. The molecule has 1 unspecified atom stereocenters. The molecule has 6 heteroatoms. The third-order valence-electron chi connectivity index (χ3n) is 4.34. The van der Waals surface area contributed by atoms with Gasteiger partial charge in [0, 0.05) is 23.3 Å². The number of amides is 1. The molecule has 5 nitrogen and oxygen atoms in total. The molecule has 0 saturated carbocycles. The van der Waals surface area contributed by atoms with Gasteiger partial charge in [0.1, 0.15) is 0 Å². The van der Waals surface area contributed by atoms with Gasteiger partial charge in [-0.15, -0.1) is 10.2 Å². The highest BCUT2D eigenvalue weighted by molar-refractivity contribution is 6.30. The average molecular weight is 345 g/mol. The van der Waals surface area contributed by atoms with Crippen LogP contribution in [0.4, 0.5) is 11.5 Å².